The van der Waals surface area contributed by atoms with Crippen molar-refractivity contribution in [3.63, 3.8) is 0 Å². The molecule has 0 N–H and O–H groups in total. The zero-order valence-corrected chi connectivity index (χ0v) is 27.5. The van der Waals surface area contributed by atoms with Gasteiger partial charge in [-0.05, 0) is 88.8 Å². The molecule has 4 heterocycles. The van der Waals surface area contributed by atoms with E-state index in [9.17, 15) is 4.79 Å². The van der Waals surface area contributed by atoms with Crippen LogP contribution in [0.2, 0.25) is 5.02 Å². The Balaban J connectivity index is 0.948. The lowest BCUT2D eigenvalue weighted by molar-refractivity contribution is -0.00657. The van der Waals surface area contributed by atoms with E-state index in [2.05, 4.69) is 61.7 Å². The molecule has 1 amide bonds. The summed E-state index contributed by atoms with van der Waals surface area (Å²) in [6.07, 6.45) is 3.41. The summed E-state index contributed by atoms with van der Waals surface area (Å²) in [6.45, 7) is 25.4. The van der Waals surface area contributed by atoms with Crippen LogP contribution in [0.1, 0.15) is 47.0 Å². The molecule has 2 aromatic rings. The summed E-state index contributed by atoms with van der Waals surface area (Å²) in [5.41, 5.74) is 4.20. The molecule has 8 nitrogen and oxygen atoms in total. The van der Waals surface area contributed by atoms with Crippen molar-refractivity contribution in [1.82, 2.24) is 9.80 Å². The summed E-state index contributed by atoms with van der Waals surface area (Å²) in [6, 6.07) is 15.6. The van der Waals surface area contributed by atoms with Crippen molar-refractivity contribution in [3.8, 4) is 0 Å². The van der Waals surface area contributed by atoms with E-state index in [-0.39, 0.29) is 6.09 Å². The highest BCUT2D eigenvalue weighted by Gasteiger charge is 2.44. The van der Waals surface area contributed by atoms with E-state index in [1.54, 1.807) is 0 Å². The third kappa shape index (κ3) is 6.74. The van der Waals surface area contributed by atoms with Crippen molar-refractivity contribution in [2.24, 2.45) is 11.3 Å². The normalized spacial score (nSPS) is 22.7. The van der Waals surface area contributed by atoms with Gasteiger partial charge in [-0.25, -0.2) is 9.64 Å². The van der Waals surface area contributed by atoms with Crippen molar-refractivity contribution in [2.75, 3.05) is 80.1 Å². The van der Waals surface area contributed by atoms with Crippen LogP contribution in [0.5, 0.6) is 0 Å². The molecule has 6 rings (SSSR count). The Morgan fingerprint density at radius 3 is 2.11 bits per heavy atom. The Hall–Kier alpha value is -3.15. The van der Waals surface area contributed by atoms with Crippen molar-refractivity contribution in [2.45, 2.75) is 58.6 Å². The summed E-state index contributed by atoms with van der Waals surface area (Å²) in [5.74, 6) is 0.544. The summed E-state index contributed by atoms with van der Waals surface area (Å²) in [5, 5.41) is 0.549. The molecule has 0 aromatic heterocycles. The lowest BCUT2D eigenvalue weighted by Gasteiger charge is -2.44. The number of benzene rings is 2. The largest absolute Gasteiger partial charge is 0.444 e. The first kappa shape index (κ1) is 30.9. The summed E-state index contributed by atoms with van der Waals surface area (Å²) >= 11 is 6.37. The van der Waals surface area contributed by atoms with Crippen molar-refractivity contribution >= 4 is 40.4 Å². The zero-order valence-electron chi connectivity index (χ0n) is 26.8. The number of nitrogens with zero attached hydrogens (tertiary/aromatic N) is 6. The highest BCUT2D eigenvalue weighted by atomic mass is 35.5. The number of hydrogen-bond donors (Lipinski definition) is 0. The standard InChI is InChI=1S/C35H47ClN6O2/c1-26-21-35(25-42(26)30-10-11-32(37-5)31(36)20-30)12-14-39(15-13-35)28-6-8-29(9-7-28)40-18-16-38(17-19-40)22-27-23-41(24-27)33(43)44-34(2,3)4/h6-11,20,26-27H,12-19,21-25H2,1-4H3/t26-/m0/s1. The lowest BCUT2D eigenvalue weighted by atomic mass is 9.76. The number of carbonyl (C=O) groups is 1. The van der Waals surface area contributed by atoms with Gasteiger partial charge >= 0.3 is 6.09 Å². The van der Waals surface area contributed by atoms with Gasteiger partial charge in [-0.3, -0.25) is 4.90 Å². The molecule has 1 atom stereocenters. The second-order valence-electron chi connectivity index (χ2n) is 14.5. The summed E-state index contributed by atoms with van der Waals surface area (Å²) < 4.78 is 5.50. The molecule has 4 aliphatic heterocycles. The first-order chi connectivity index (χ1) is 21.0. The highest BCUT2D eigenvalue weighted by Crippen LogP contribution is 2.46. The predicted octanol–water partition coefficient (Wildman–Crippen LogP) is 6.77. The van der Waals surface area contributed by atoms with Gasteiger partial charge in [0.2, 0.25) is 5.69 Å². The maximum absolute atomic E-state index is 12.2. The number of hydrogen-bond acceptors (Lipinski definition) is 6. The van der Waals surface area contributed by atoms with Crippen LogP contribution in [0.4, 0.5) is 27.5 Å². The third-order valence-electron chi connectivity index (χ3n) is 10.1. The molecule has 44 heavy (non-hydrogen) atoms. The molecule has 9 heteroatoms. The Labute approximate surface area is 268 Å². The number of likely N-dealkylation sites (tertiary alicyclic amines) is 1. The van der Waals surface area contributed by atoms with Gasteiger partial charge in [-0.1, -0.05) is 17.7 Å². The average Bonchev–Trinajstić information content (AvgIpc) is 3.29. The van der Waals surface area contributed by atoms with Crippen molar-refractivity contribution in [3.05, 3.63) is 58.9 Å². The molecule has 4 saturated heterocycles. The Morgan fingerprint density at radius 2 is 1.55 bits per heavy atom. The quantitative estimate of drug-likeness (QED) is 0.345. The van der Waals surface area contributed by atoms with Gasteiger partial charge in [0.05, 0.1) is 6.57 Å². The Morgan fingerprint density at radius 1 is 0.955 bits per heavy atom. The maximum atomic E-state index is 12.2. The van der Waals surface area contributed by atoms with Gasteiger partial charge < -0.3 is 24.3 Å². The molecule has 0 bridgehead atoms. The minimum Gasteiger partial charge on any atom is -0.444 e. The molecule has 2 aromatic carbocycles. The third-order valence-corrected chi connectivity index (χ3v) is 10.4. The van der Waals surface area contributed by atoms with Gasteiger partial charge in [-0.15, -0.1) is 0 Å². The monoisotopic (exact) mass is 618 g/mol. The van der Waals surface area contributed by atoms with E-state index < -0.39 is 5.60 Å². The molecule has 0 saturated carbocycles. The molecule has 0 aliphatic carbocycles. The number of halogens is 1. The lowest BCUT2D eigenvalue weighted by Crippen LogP contribution is -2.57. The van der Waals surface area contributed by atoms with E-state index in [0.717, 1.165) is 71.1 Å². The second kappa shape index (κ2) is 12.3. The zero-order chi connectivity index (χ0) is 31.1. The van der Waals surface area contributed by atoms with E-state index in [1.807, 2.05) is 37.8 Å². The Bertz CT molecular complexity index is 1360. The van der Waals surface area contributed by atoms with Crippen LogP contribution in [0, 0.1) is 17.9 Å². The smallest absolute Gasteiger partial charge is 0.410 e. The number of amides is 1. The number of anilines is 3. The van der Waals surface area contributed by atoms with Crippen molar-refractivity contribution in [1.29, 1.82) is 0 Å². The number of piperidine rings is 1. The number of carbonyl (C=O) groups excluding carboxylic acids is 1. The predicted molar refractivity (Wildman–Crippen MR) is 179 cm³/mol. The van der Waals surface area contributed by atoms with Crippen LogP contribution in [0.25, 0.3) is 4.85 Å². The minimum absolute atomic E-state index is 0.183. The molecule has 4 aliphatic rings. The highest BCUT2D eigenvalue weighted by molar-refractivity contribution is 6.33. The first-order valence-electron chi connectivity index (χ1n) is 16.2. The van der Waals surface area contributed by atoms with Crippen LogP contribution >= 0.6 is 11.6 Å². The van der Waals surface area contributed by atoms with Crippen molar-refractivity contribution < 1.29 is 9.53 Å². The van der Waals surface area contributed by atoms with Crippen LogP contribution in [0.15, 0.2) is 42.5 Å². The average molecular weight is 619 g/mol. The van der Waals surface area contributed by atoms with Crippen LogP contribution < -0.4 is 14.7 Å². The molecule has 4 fully saturated rings. The molecular weight excluding hydrogens is 572 g/mol. The van der Waals surface area contributed by atoms with E-state index in [0.29, 0.717) is 28.1 Å². The second-order valence-corrected chi connectivity index (χ2v) is 14.9. The van der Waals surface area contributed by atoms with Gasteiger partial charge in [-0.2, -0.15) is 0 Å². The van der Waals surface area contributed by atoms with Gasteiger partial charge in [0.15, 0.2) is 0 Å². The van der Waals surface area contributed by atoms with Gasteiger partial charge in [0, 0.05) is 99.5 Å². The van der Waals surface area contributed by atoms with E-state index in [1.165, 1.54) is 30.6 Å². The van der Waals surface area contributed by atoms with Gasteiger partial charge in [0.1, 0.15) is 5.60 Å². The van der Waals surface area contributed by atoms with E-state index in [4.69, 9.17) is 22.9 Å². The number of piperazine rings is 1. The fraction of sp³-hybridized carbons (Fsp3) is 0.600. The SMILES string of the molecule is [C-]#[N+]c1ccc(N2CC3(CCN(c4ccc(N5CCN(CC6CN(C(=O)OC(C)(C)C)C6)CC5)cc4)CC3)C[C@@H]2C)cc1Cl. The summed E-state index contributed by atoms with van der Waals surface area (Å²) in [7, 11) is 0. The molecule has 236 valence electrons. The van der Waals surface area contributed by atoms with Crippen LogP contribution in [-0.4, -0.2) is 93.0 Å². The van der Waals surface area contributed by atoms with Crippen LogP contribution in [0.3, 0.4) is 0 Å². The fourth-order valence-corrected chi connectivity index (χ4v) is 7.84. The Kier molecular flexibility index (Phi) is 8.65. The molecule has 1 spiro atoms. The fourth-order valence-electron chi connectivity index (χ4n) is 7.62. The minimum atomic E-state index is -0.435. The number of ether oxygens (including phenoxy) is 1. The molecule has 0 unspecified atom stereocenters. The van der Waals surface area contributed by atoms with E-state index >= 15 is 0 Å². The molecular formula is C35H47ClN6O2. The van der Waals surface area contributed by atoms with Gasteiger partial charge in [0.25, 0.3) is 0 Å². The number of rotatable bonds is 5. The maximum Gasteiger partial charge on any atom is 0.410 e. The topological polar surface area (TPSA) is 46.9 Å². The van der Waals surface area contributed by atoms with Crippen LogP contribution in [-0.2, 0) is 4.74 Å². The summed E-state index contributed by atoms with van der Waals surface area (Å²) in [4.78, 5) is 27.7. The first-order valence-corrected chi connectivity index (χ1v) is 16.6. The molecule has 0 radical (unpaired) electrons.